The Bertz CT molecular complexity index is 489. The third-order valence-electron chi connectivity index (χ3n) is 3.75. The van der Waals surface area contributed by atoms with E-state index >= 15 is 0 Å². The molecule has 1 amide bonds. The summed E-state index contributed by atoms with van der Waals surface area (Å²) in [6.45, 7) is 4.00. The monoisotopic (exact) mass is 330 g/mol. The van der Waals surface area contributed by atoms with Gasteiger partial charge >= 0.3 is 0 Å². The van der Waals surface area contributed by atoms with Crippen molar-refractivity contribution >= 4 is 29.1 Å². The van der Waals surface area contributed by atoms with E-state index in [2.05, 4.69) is 4.90 Å². The summed E-state index contributed by atoms with van der Waals surface area (Å²) in [7, 11) is 0. The van der Waals surface area contributed by atoms with Gasteiger partial charge in [0.2, 0.25) is 5.91 Å². The van der Waals surface area contributed by atoms with Crippen LogP contribution < -0.4 is 0 Å². The van der Waals surface area contributed by atoms with Crippen molar-refractivity contribution in [2.45, 2.75) is 12.8 Å². The normalized spacial score (nSPS) is 16.2. The van der Waals surface area contributed by atoms with Gasteiger partial charge in [-0.1, -0.05) is 29.3 Å². The number of piperazine rings is 1. The summed E-state index contributed by atoms with van der Waals surface area (Å²) in [4.78, 5) is 16.3. The number of amides is 1. The highest BCUT2D eigenvalue weighted by molar-refractivity contribution is 6.42. The number of hydrogen-bond donors (Lipinski definition) is 1. The van der Waals surface area contributed by atoms with Crippen molar-refractivity contribution in [2.75, 3.05) is 39.3 Å². The number of benzene rings is 1. The molecule has 0 atom stereocenters. The highest BCUT2D eigenvalue weighted by Crippen LogP contribution is 2.23. The molecule has 1 N–H and O–H groups in total. The predicted molar refractivity (Wildman–Crippen MR) is 84.9 cm³/mol. The molecule has 0 saturated carbocycles. The van der Waals surface area contributed by atoms with Crippen LogP contribution in [-0.2, 0) is 11.2 Å². The van der Waals surface area contributed by atoms with Gasteiger partial charge in [0.1, 0.15) is 0 Å². The predicted octanol–water partition coefficient (Wildman–Crippen LogP) is 2.06. The van der Waals surface area contributed by atoms with Gasteiger partial charge in [-0.2, -0.15) is 0 Å². The Hall–Kier alpha value is -0.810. The second kappa shape index (κ2) is 7.99. The van der Waals surface area contributed by atoms with Crippen molar-refractivity contribution in [2.24, 2.45) is 0 Å². The SMILES string of the molecule is O=C(CCc1ccc(Cl)c(Cl)c1)N1CCN(CCO)CC1. The third kappa shape index (κ3) is 4.85. The van der Waals surface area contributed by atoms with E-state index in [1.807, 2.05) is 17.0 Å². The van der Waals surface area contributed by atoms with Crippen molar-refractivity contribution in [3.63, 3.8) is 0 Å². The van der Waals surface area contributed by atoms with Crippen LogP contribution in [0.15, 0.2) is 18.2 Å². The van der Waals surface area contributed by atoms with Crippen LogP contribution in [0.25, 0.3) is 0 Å². The average Bonchev–Trinajstić information content (AvgIpc) is 2.49. The Balaban J connectivity index is 1.78. The summed E-state index contributed by atoms with van der Waals surface area (Å²) in [6.07, 6.45) is 1.16. The molecule has 0 radical (unpaired) electrons. The van der Waals surface area contributed by atoms with Crippen LogP contribution >= 0.6 is 23.2 Å². The first-order chi connectivity index (χ1) is 10.1. The zero-order valence-electron chi connectivity index (χ0n) is 11.9. The summed E-state index contributed by atoms with van der Waals surface area (Å²) in [6, 6.07) is 5.48. The first kappa shape index (κ1) is 16.6. The minimum absolute atomic E-state index is 0.171. The molecule has 1 heterocycles. The topological polar surface area (TPSA) is 43.8 Å². The quantitative estimate of drug-likeness (QED) is 0.898. The van der Waals surface area contributed by atoms with E-state index in [-0.39, 0.29) is 12.5 Å². The molecule has 1 aliphatic heterocycles. The fraction of sp³-hybridized carbons (Fsp3) is 0.533. The molecule has 1 fully saturated rings. The van der Waals surface area contributed by atoms with Gasteiger partial charge in [-0.25, -0.2) is 0 Å². The first-order valence-electron chi connectivity index (χ1n) is 7.15. The lowest BCUT2D eigenvalue weighted by atomic mass is 10.1. The molecule has 1 aliphatic rings. The summed E-state index contributed by atoms with van der Waals surface area (Å²) >= 11 is 11.8. The number of aliphatic hydroxyl groups excluding tert-OH is 1. The summed E-state index contributed by atoms with van der Waals surface area (Å²) in [5.74, 6) is 0.171. The van der Waals surface area contributed by atoms with E-state index in [1.54, 1.807) is 6.07 Å². The maximum absolute atomic E-state index is 12.2. The highest BCUT2D eigenvalue weighted by Gasteiger charge is 2.20. The lowest BCUT2D eigenvalue weighted by Gasteiger charge is -2.34. The zero-order chi connectivity index (χ0) is 15.2. The number of carbonyl (C=O) groups is 1. The van der Waals surface area contributed by atoms with Gasteiger partial charge in [-0.05, 0) is 24.1 Å². The zero-order valence-corrected chi connectivity index (χ0v) is 13.4. The fourth-order valence-corrected chi connectivity index (χ4v) is 2.79. The number of carbonyl (C=O) groups excluding carboxylic acids is 1. The van der Waals surface area contributed by atoms with E-state index in [1.165, 1.54) is 0 Å². The Kier molecular flexibility index (Phi) is 6.30. The molecule has 1 saturated heterocycles. The second-order valence-electron chi connectivity index (χ2n) is 5.19. The van der Waals surface area contributed by atoms with Gasteiger partial charge in [-0.15, -0.1) is 0 Å². The van der Waals surface area contributed by atoms with Crippen molar-refractivity contribution in [3.8, 4) is 0 Å². The Morgan fingerprint density at radius 3 is 2.48 bits per heavy atom. The van der Waals surface area contributed by atoms with Crippen molar-refractivity contribution in [1.82, 2.24) is 9.80 Å². The van der Waals surface area contributed by atoms with E-state index < -0.39 is 0 Å². The van der Waals surface area contributed by atoms with Gasteiger partial charge in [0.25, 0.3) is 0 Å². The van der Waals surface area contributed by atoms with Gasteiger partial charge in [0, 0.05) is 39.1 Å². The number of aryl methyl sites for hydroxylation is 1. The molecule has 1 aromatic rings. The molecule has 116 valence electrons. The summed E-state index contributed by atoms with van der Waals surface area (Å²) in [5.41, 5.74) is 1.02. The number of aliphatic hydroxyl groups is 1. The smallest absolute Gasteiger partial charge is 0.222 e. The molecule has 2 rings (SSSR count). The molecule has 0 aliphatic carbocycles. The van der Waals surface area contributed by atoms with Crippen LogP contribution in [0, 0.1) is 0 Å². The Morgan fingerprint density at radius 1 is 1.14 bits per heavy atom. The fourth-order valence-electron chi connectivity index (χ4n) is 2.47. The van der Waals surface area contributed by atoms with Gasteiger partial charge in [0.05, 0.1) is 16.7 Å². The van der Waals surface area contributed by atoms with Gasteiger partial charge in [-0.3, -0.25) is 9.69 Å². The number of hydrogen-bond acceptors (Lipinski definition) is 3. The molecule has 6 heteroatoms. The van der Waals surface area contributed by atoms with Crippen LogP contribution in [0.1, 0.15) is 12.0 Å². The van der Waals surface area contributed by atoms with Crippen LogP contribution in [0.2, 0.25) is 10.0 Å². The molecule has 4 nitrogen and oxygen atoms in total. The summed E-state index contributed by atoms with van der Waals surface area (Å²) in [5, 5.41) is 9.96. The summed E-state index contributed by atoms with van der Waals surface area (Å²) < 4.78 is 0. The minimum Gasteiger partial charge on any atom is -0.395 e. The van der Waals surface area contributed by atoms with E-state index in [0.717, 1.165) is 31.7 Å². The van der Waals surface area contributed by atoms with Crippen LogP contribution in [0.4, 0.5) is 0 Å². The van der Waals surface area contributed by atoms with Crippen molar-refractivity contribution < 1.29 is 9.90 Å². The largest absolute Gasteiger partial charge is 0.395 e. The number of nitrogens with zero attached hydrogens (tertiary/aromatic N) is 2. The molecule has 0 aromatic heterocycles. The standard InChI is InChI=1S/C15H20Cl2N2O2/c16-13-3-1-12(11-14(13)17)2-4-15(21)19-7-5-18(6-8-19)9-10-20/h1,3,11,20H,2,4-10H2. The molecule has 1 aromatic carbocycles. The van der Waals surface area contributed by atoms with E-state index in [9.17, 15) is 4.79 Å². The molecular weight excluding hydrogens is 311 g/mol. The molecular formula is C15H20Cl2N2O2. The van der Waals surface area contributed by atoms with Gasteiger partial charge < -0.3 is 10.0 Å². The number of rotatable bonds is 5. The third-order valence-corrected chi connectivity index (χ3v) is 4.49. The van der Waals surface area contributed by atoms with Crippen LogP contribution in [0.3, 0.4) is 0 Å². The maximum Gasteiger partial charge on any atom is 0.222 e. The van der Waals surface area contributed by atoms with E-state index in [0.29, 0.717) is 29.4 Å². The molecule has 0 bridgehead atoms. The maximum atomic E-state index is 12.2. The molecule has 21 heavy (non-hydrogen) atoms. The average molecular weight is 331 g/mol. The van der Waals surface area contributed by atoms with Gasteiger partial charge in [0.15, 0.2) is 0 Å². The Morgan fingerprint density at radius 2 is 1.86 bits per heavy atom. The minimum atomic E-state index is 0.171. The highest BCUT2D eigenvalue weighted by atomic mass is 35.5. The van der Waals surface area contributed by atoms with Crippen molar-refractivity contribution in [1.29, 1.82) is 0 Å². The Labute approximate surface area is 135 Å². The second-order valence-corrected chi connectivity index (χ2v) is 6.01. The number of halogens is 2. The van der Waals surface area contributed by atoms with E-state index in [4.69, 9.17) is 28.3 Å². The van der Waals surface area contributed by atoms with Crippen molar-refractivity contribution in [3.05, 3.63) is 33.8 Å². The first-order valence-corrected chi connectivity index (χ1v) is 7.90. The molecule has 0 spiro atoms. The number of β-amino-alcohol motifs (C(OH)–C–C–N with tert-alkyl or cyclic N) is 1. The van der Waals surface area contributed by atoms with Crippen LogP contribution in [0.5, 0.6) is 0 Å². The van der Waals surface area contributed by atoms with Crippen LogP contribution in [-0.4, -0.2) is 60.1 Å². The molecule has 0 unspecified atom stereocenters. The lowest BCUT2D eigenvalue weighted by Crippen LogP contribution is -2.49. The lowest BCUT2D eigenvalue weighted by molar-refractivity contribution is -0.132.